The molecule has 0 aliphatic rings. The van der Waals surface area contributed by atoms with Crippen LogP contribution in [0.5, 0.6) is 0 Å². The molecular weight excluding hydrogens is 456 g/mol. The van der Waals surface area contributed by atoms with E-state index in [0.29, 0.717) is 28.6 Å². The van der Waals surface area contributed by atoms with Crippen LogP contribution in [0.2, 0.25) is 0 Å². The molecule has 0 radical (unpaired) electrons. The first-order chi connectivity index (χ1) is 14.7. The zero-order valence-electron chi connectivity index (χ0n) is 17.0. The molecule has 0 spiro atoms. The molecule has 12 heteroatoms. The molecule has 0 saturated heterocycles. The Bertz CT molecular complexity index is 1340. The van der Waals surface area contributed by atoms with Gasteiger partial charge in [-0.15, -0.1) is 11.3 Å². The molecule has 1 amide bonds. The molecule has 0 unspecified atom stereocenters. The van der Waals surface area contributed by atoms with E-state index < -0.39 is 10.0 Å². The summed E-state index contributed by atoms with van der Waals surface area (Å²) in [5, 5.41) is 9.17. The minimum atomic E-state index is -3.63. The molecule has 0 bridgehead atoms. The Balaban J connectivity index is 1.51. The molecule has 0 saturated carbocycles. The van der Waals surface area contributed by atoms with E-state index in [1.165, 1.54) is 11.3 Å². The number of amides is 1. The van der Waals surface area contributed by atoms with Crippen molar-refractivity contribution in [1.82, 2.24) is 19.7 Å². The lowest BCUT2D eigenvalue weighted by molar-refractivity contribution is 0.102. The Hall–Kier alpha value is -2.80. The highest BCUT2D eigenvalue weighted by Crippen LogP contribution is 2.30. The first-order valence-electron chi connectivity index (χ1n) is 9.17. The lowest BCUT2D eigenvalue weighted by Crippen LogP contribution is -2.13. The van der Waals surface area contributed by atoms with Crippen molar-refractivity contribution in [2.24, 2.45) is 7.05 Å². The van der Waals surface area contributed by atoms with Gasteiger partial charge in [-0.3, -0.25) is 19.5 Å². The first kappa shape index (κ1) is 21.4. The average molecular weight is 477 g/mol. The molecule has 9 nitrogen and oxygen atoms in total. The number of nitrogens with one attached hydrogen (secondary N) is 2. The lowest BCUT2D eigenvalue weighted by Gasteiger charge is -2.08. The Morgan fingerprint density at radius 1 is 1.23 bits per heavy atom. The molecule has 3 aromatic heterocycles. The summed E-state index contributed by atoms with van der Waals surface area (Å²) in [5.74, 6) is -0.349. The quantitative estimate of drug-likeness (QED) is 0.424. The van der Waals surface area contributed by atoms with E-state index in [1.54, 1.807) is 53.5 Å². The van der Waals surface area contributed by atoms with Gasteiger partial charge in [-0.1, -0.05) is 17.4 Å². The number of hydrogen-bond donors (Lipinski definition) is 2. The minimum Gasteiger partial charge on any atom is -0.304 e. The van der Waals surface area contributed by atoms with Crippen LogP contribution in [0.1, 0.15) is 16.2 Å². The number of hydrogen-bond acceptors (Lipinski definition) is 8. The fraction of sp³-hybridized carbons (Fsp3) is 0.211. The maximum atomic E-state index is 12.6. The summed E-state index contributed by atoms with van der Waals surface area (Å²) in [4.78, 5) is 19.0. The van der Waals surface area contributed by atoms with Gasteiger partial charge < -0.3 is 4.90 Å². The summed E-state index contributed by atoms with van der Waals surface area (Å²) in [6.45, 7) is 0.669. The van der Waals surface area contributed by atoms with Crippen LogP contribution in [0.15, 0.2) is 46.0 Å². The van der Waals surface area contributed by atoms with Crippen LogP contribution < -0.4 is 10.0 Å². The third kappa shape index (κ3) is 4.77. The number of fused-ring (bicyclic) bond motifs is 1. The van der Waals surface area contributed by atoms with Gasteiger partial charge >= 0.3 is 0 Å². The summed E-state index contributed by atoms with van der Waals surface area (Å²) in [7, 11) is 2.06. The molecule has 2 N–H and O–H groups in total. The number of aromatic nitrogens is 3. The molecule has 1 aromatic carbocycles. The smallest absolute Gasteiger partial charge is 0.277 e. The highest BCUT2D eigenvalue weighted by Gasteiger charge is 2.17. The number of rotatable bonds is 7. The van der Waals surface area contributed by atoms with Crippen molar-refractivity contribution in [2.45, 2.75) is 10.8 Å². The van der Waals surface area contributed by atoms with E-state index in [1.807, 2.05) is 19.0 Å². The van der Waals surface area contributed by atoms with Crippen LogP contribution >= 0.6 is 22.7 Å². The van der Waals surface area contributed by atoms with Crippen molar-refractivity contribution in [3.8, 4) is 0 Å². The first-order valence-corrected chi connectivity index (χ1v) is 12.3. The van der Waals surface area contributed by atoms with E-state index >= 15 is 0 Å². The van der Waals surface area contributed by atoms with Crippen molar-refractivity contribution in [3.63, 3.8) is 0 Å². The summed E-state index contributed by atoms with van der Waals surface area (Å²) >= 11 is 2.41. The number of carbonyl (C=O) groups is 1. The van der Waals surface area contributed by atoms with Crippen LogP contribution in [0, 0.1) is 0 Å². The highest BCUT2D eigenvalue weighted by molar-refractivity contribution is 7.94. The predicted octanol–water partition coefficient (Wildman–Crippen LogP) is 3.21. The number of thiophene rings is 1. The van der Waals surface area contributed by atoms with Crippen molar-refractivity contribution in [2.75, 3.05) is 24.1 Å². The van der Waals surface area contributed by atoms with E-state index in [2.05, 4.69) is 20.1 Å². The van der Waals surface area contributed by atoms with E-state index in [-0.39, 0.29) is 10.1 Å². The monoisotopic (exact) mass is 476 g/mol. The average Bonchev–Trinajstić information content (AvgIpc) is 3.41. The molecule has 0 aliphatic carbocycles. The van der Waals surface area contributed by atoms with E-state index in [0.717, 1.165) is 21.7 Å². The second-order valence-electron chi connectivity index (χ2n) is 7.08. The van der Waals surface area contributed by atoms with Crippen LogP contribution in [0.3, 0.4) is 0 Å². The van der Waals surface area contributed by atoms with E-state index in [9.17, 15) is 13.2 Å². The molecular formula is C19H20N6O3S3. The second-order valence-corrected chi connectivity index (χ2v) is 11.0. The SMILES string of the molecule is CN(C)Cc1cc(C(=O)Nc2nc3ccc(NS(=O)(=O)c4cccs4)cc3s2)nn1C. The Kier molecular flexibility index (Phi) is 5.79. The number of aryl methyl sites for hydroxylation is 1. The number of thiazole rings is 1. The summed E-state index contributed by atoms with van der Waals surface area (Å²) < 4.78 is 30.1. The normalized spacial score (nSPS) is 11.9. The zero-order chi connectivity index (χ0) is 22.2. The third-order valence-corrected chi connectivity index (χ3v) is 8.02. The maximum Gasteiger partial charge on any atom is 0.277 e. The van der Waals surface area contributed by atoms with Gasteiger partial charge in [0, 0.05) is 13.6 Å². The second kappa shape index (κ2) is 8.38. The molecule has 162 valence electrons. The van der Waals surface area contributed by atoms with Gasteiger partial charge in [0.2, 0.25) is 0 Å². The Labute approximate surface area is 187 Å². The number of benzene rings is 1. The van der Waals surface area contributed by atoms with Crippen molar-refractivity contribution in [3.05, 3.63) is 53.2 Å². The van der Waals surface area contributed by atoms with Crippen LogP contribution in [-0.2, 0) is 23.6 Å². The van der Waals surface area contributed by atoms with Crippen LogP contribution in [-0.4, -0.2) is 48.1 Å². The molecule has 0 atom stereocenters. The Morgan fingerprint density at radius 3 is 2.74 bits per heavy atom. The molecule has 4 aromatic rings. The van der Waals surface area contributed by atoms with Gasteiger partial charge in [-0.25, -0.2) is 13.4 Å². The van der Waals surface area contributed by atoms with E-state index in [4.69, 9.17) is 0 Å². The number of sulfonamides is 1. The van der Waals surface area contributed by atoms with Crippen molar-refractivity contribution in [1.29, 1.82) is 0 Å². The highest BCUT2D eigenvalue weighted by atomic mass is 32.2. The van der Waals surface area contributed by atoms with Gasteiger partial charge in [-0.2, -0.15) is 5.10 Å². The van der Waals surface area contributed by atoms with Crippen molar-refractivity contribution < 1.29 is 13.2 Å². The minimum absolute atomic E-state index is 0.244. The molecule has 3 heterocycles. The molecule has 0 fully saturated rings. The number of nitrogens with zero attached hydrogens (tertiary/aromatic N) is 4. The van der Waals surface area contributed by atoms with Crippen molar-refractivity contribution >= 4 is 59.6 Å². The van der Waals surface area contributed by atoms with Gasteiger partial charge in [0.05, 0.1) is 21.6 Å². The van der Waals surface area contributed by atoms with Gasteiger partial charge in [0.15, 0.2) is 10.8 Å². The summed E-state index contributed by atoms with van der Waals surface area (Å²) in [6, 6.07) is 10.0. The lowest BCUT2D eigenvalue weighted by atomic mass is 10.3. The molecule has 0 aliphatic heterocycles. The summed E-state index contributed by atoms with van der Waals surface area (Å²) in [6.07, 6.45) is 0. The Morgan fingerprint density at radius 2 is 2.03 bits per heavy atom. The predicted molar refractivity (Wildman–Crippen MR) is 123 cm³/mol. The van der Waals surface area contributed by atoms with Gasteiger partial charge in [0.1, 0.15) is 4.21 Å². The number of carbonyl (C=O) groups excluding carboxylic acids is 1. The van der Waals surface area contributed by atoms with Crippen LogP contribution in [0.4, 0.5) is 10.8 Å². The zero-order valence-corrected chi connectivity index (χ0v) is 19.4. The van der Waals surface area contributed by atoms with Gasteiger partial charge in [0.25, 0.3) is 15.9 Å². The summed E-state index contributed by atoms with van der Waals surface area (Å²) in [5.41, 5.74) is 2.32. The fourth-order valence-electron chi connectivity index (χ4n) is 2.91. The number of anilines is 2. The fourth-order valence-corrected chi connectivity index (χ4v) is 5.86. The molecule has 31 heavy (non-hydrogen) atoms. The molecule has 4 rings (SSSR count). The largest absolute Gasteiger partial charge is 0.304 e. The van der Waals surface area contributed by atoms with Crippen LogP contribution in [0.25, 0.3) is 10.2 Å². The third-order valence-electron chi connectivity index (χ3n) is 4.31. The van der Waals surface area contributed by atoms with Gasteiger partial charge in [-0.05, 0) is 49.8 Å². The maximum absolute atomic E-state index is 12.6. The topological polar surface area (TPSA) is 109 Å². The standard InChI is InChI=1S/C19H20N6O3S3/c1-24(2)11-13-10-15(22-25(13)3)18(26)21-19-20-14-7-6-12(9-16(14)30-19)23-31(27,28)17-5-4-8-29-17/h4-10,23H,11H2,1-3H3,(H,20,21,26).